The van der Waals surface area contributed by atoms with Crippen molar-refractivity contribution in [1.29, 1.82) is 0 Å². The molecule has 0 saturated carbocycles. The quantitative estimate of drug-likeness (QED) is 0.705. The number of ether oxygens (including phenoxy) is 1. The number of benzene rings is 1. The molecule has 0 bridgehead atoms. The van der Waals surface area contributed by atoms with Crippen molar-refractivity contribution >= 4 is 45.6 Å². The topological polar surface area (TPSA) is 64.4 Å². The highest BCUT2D eigenvalue weighted by Gasteiger charge is 2.14. The number of anilines is 1. The van der Waals surface area contributed by atoms with E-state index >= 15 is 0 Å². The lowest BCUT2D eigenvalue weighted by atomic mass is 10.2. The number of rotatable bonds is 4. The predicted octanol–water partition coefficient (Wildman–Crippen LogP) is 4.97. The lowest BCUT2D eigenvalue weighted by Gasteiger charge is -2.04. The largest absolute Gasteiger partial charge is 0.495 e. The Hall–Kier alpha value is -2.02. The van der Waals surface area contributed by atoms with Crippen molar-refractivity contribution in [3.63, 3.8) is 0 Å². The van der Waals surface area contributed by atoms with E-state index in [2.05, 4.69) is 10.3 Å². The molecule has 0 radical (unpaired) electrons. The van der Waals surface area contributed by atoms with Gasteiger partial charge < -0.3 is 9.15 Å². The fourth-order valence-corrected chi connectivity index (χ4v) is 3.00. The Morgan fingerprint density at radius 1 is 1.30 bits per heavy atom. The summed E-state index contributed by atoms with van der Waals surface area (Å²) in [6.45, 7) is 0. The highest BCUT2D eigenvalue weighted by Crippen LogP contribution is 2.31. The van der Waals surface area contributed by atoms with E-state index < -0.39 is 5.91 Å². The third-order valence-corrected chi connectivity index (χ3v) is 4.23. The molecule has 0 aliphatic rings. The summed E-state index contributed by atoms with van der Waals surface area (Å²) in [6.07, 6.45) is 0. The van der Waals surface area contributed by atoms with Crippen LogP contribution in [0.4, 0.5) is 5.13 Å². The summed E-state index contributed by atoms with van der Waals surface area (Å²) in [7, 11) is 1.55. The SMILES string of the molecule is COc1ccc(-c2csc(NC(=O)c3ccc(Cl)o3)n2)cc1Cl. The molecule has 5 nitrogen and oxygen atoms in total. The van der Waals surface area contributed by atoms with Crippen LogP contribution in [-0.4, -0.2) is 18.0 Å². The Labute approximate surface area is 145 Å². The number of halogens is 2. The van der Waals surface area contributed by atoms with Gasteiger partial charge in [-0.05, 0) is 41.9 Å². The van der Waals surface area contributed by atoms with Gasteiger partial charge in [0.25, 0.3) is 5.91 Å². The zero-order chi connectivity index (χ0) is 16.4. The van der Waals surface area contributed by atoms with Crippen LogP contribution in [0.15, 0.2) is 40.1 Å². The van der Waals surface area contributed by atoms with Crippen LogP contribution in [0.3, 0.4) is 0 Å². The van der Waals surface area contributed by atoms with Crippen molar-refractivity contribution in [1.82, 2.24) is 4.98 Å². The van der Waals surface area contributed by atoms with E-state index in [1.807, 2.05) is 11.4 Å². The zero-order valence-corrected chi connectivity index (χ0v) is 14.1. The number of carbonyl (C=O) groups excluding carboxylic acids is 1. The highest BCUT2D eigenvalue weighted by molar-refractivity contribution is 7.14. The van der Waals surface area contributed by atoms with Crippen LogP contribution in [0.2, 0.25) is 10.2 Å². The fourth-order valence-electron chi connectivity index (χ4n) is 1.88. The van der Waals surface area contributed by atoms with Crippen LogP contribution in [0, 0.1) is 0 Å². The molecule has 2 aromatic heterocycles. The van der Waals surface area contributed by atoms with E-state index in [1.54, 1.807) is 19.2 Å². The molecule has 0 atom stereocenters. The molecule has 2 heterocycles. The first-order chi connectivity index (χ1) is 11.1. The smallest absolute Gasteiger partial charge is 0.293 e. The number of nitrogens with zero attached hydrogens (tertiary/aromatic N) is 1. The molecule has 8 heteroatoms. The molecule has 0 fully saturated rings. The molecule has 0 aliphatic carbocycles. The van der Waals surface area contributed by atoms with Crippen molar-refractivity contribution in [3.05, 3.63) is 51.7 Å². The summed E-state index contributed by atoms with van der Waals surface area (Å²) in [5, 5.41) is 5.58. The van der Waals surface area contributed by atoms with E-state index in [4.69, 9.17) is 32.4 Å². The molecule has 23 heavy (non-hydrogen) atoms. The third-order valence-electron chi connectivity index (χ3n) is 2.97. The number of thiazole rings is 1. The number of methoxy groups -OCH3 is 1. The summed E-state index contributed by atoms with van der Waals surface area (Å²) in [5.41, 5.74) is 1.53. The van der Waals surface area contributed by atoms with Crippen molar-refractivity contribution in [2.24, 2.45) is 0 Å². The van der Waals surface area contributed by atoms with Gasteiger partial charge in [-0.2, -0.15) is 0 Å². The Balaban J connectivity index is 1.78. The first-order valence-electron chi connectivity index (χ1n) is 6.43. The summed E-state index contributed by atoms with van der Waals surface area (Å²) >= 11 is 13.1. The summed E-state index contributed by atoms with van der Waals surface area (Å²) < 4.78 is 10.2. The molecule has 0 saturated heterocycles. The van der Waals surface area contributed by atoms with Gasteiger partial charge in [-0.25, -0.2) is 4.98 Å². The van der Waals surface area contributed by atoms with Gasteiger partial charge in [0, 0.05) is 10.9 Å². The van der Waals surface area contributed by atoms with E-state index in [-0.39, 0.29) is 11.0 Å². The van der Waals surface area contributed by atoms with Crippen LogP contribution in [0.5, 0.6) is 5.75 Å². The Morgan fingerprint density at radius 2 is 2.13 bits per heavy atom. The van der Waals surface area contributed by atoms with Crippen molar-refractivity contribution in [2.45, 2.75) is 0 Å². The van der Waals surface area contributed by atoms with E-state index in [1.165, 1.54) is 23.5 Å². The number of carbonyl (C=O) groups is 1. The molecule has 3 aromatic rings. The number of hydrogen-bond donors (Lipinski definition) is 1. The van der Waals surface area contributed by atoms with Crippen LogP contribution >= 0.6 is 34.5 Å². The molecule has 3 rings (SSSR count). The van der Waals surface area contributed by atoms with E-state index in [0.29, 0.717) is 21.6 Å². The van der Waals surface area contributed by atoms with Crippen LogP contribution in [0.25, 0.3) is 11.3 Å². The molecule has 0 aliphatic heterocycles. The average molecular weight is 369 g/mol. The number of nitrogens with one attached hydrogen (secondary N) is 1. The number of amides is 1. The van der Waals surface area contributed by atoms with Crippen molar-refractivity contribution < 1.29 is 13.9 Å². The van der Waals surface area contributed by atoms with Gasteiger partial charge in [-0.3, -0.25) is 10.1 Å². The van der Waals surface area contributed by atoms with Gasteiger partial charge in [0.15, 0.2) is 16.1 Å². The van der Waals surface area contributed by atoms with Crippen LogP contribution in [0.1, 0.15) is 10.6 Å². The third kappa shape index (κ3) is 3.50. The Bertz CT molecular complexity index is 860. The molecule has 1 amide bonds. The zero-order valence-electron chi connectivity index (χ0n) is 11.8. The second kappa shape index (κ2) is 6.62. The van der Waals surface area contributed by atoms with Gasteiger partial charge in [-0.15, -0.1) is 11.3 Å². The second-order valence-corrected chi connectivity index (χ2v) is 6.08. The normalized spacial score (nSPS) is 10.6. The molecule has 0 unspecified atom stereocenters. The van der Waals surface area contributed by atoms with Crippen LogP contribution in [-0.2, 0) is 0 Å². The molecule has 0 spiro atoms. The highest BCUT2D eigenvalue weighted by atomic mass is 35.5. The number of hydrogen-bond acceptors (Lipinski definition) is 5. The molecule has 1 N–H and O–H groups in total. The lowest BCUT2D eigenvalue weighted by molar-refractivity contribution is 0.0997. The molecule has 118 valence electrons. The van der Waals surface area contributed by atoms with Gasteiger partial charge in [0.1, 0.15) is 5.75 Å². The number of furan rings is 1. The van der Waals surface area contributed by atoms with Gasteiger partial charge in [-0.1, -0.05) is 11.6 Å². The maximum atomic E-state index is 12.0. The summed E-state index contributed by atoms with van der Waals surface area (Å²) in [6, 6.07) is 8.36. The number of aromatic nitrogens is 1. The average Bonchev–Trinajstić information content (AvgIpc) is 3.16. The lowest BCUT2D eigenvalue weighted by Crippen LogP contribution is -2.10. The van der Waals surface area contributed by atoms with Gasteiger partial charge in [0.2, 0.25) is 0 Å². The molecular weight excluding hydrogens is 359 g/mol. The van der Waals surface area contributed by atoms with Crippen LogP contribution < -0.4 is 10.1 Å². The minimum Gasteiger partial charge on any atom is -0.495 e. The van der Waals surface area contributed by atoms with Gasteiger partial charge >= 0.3 is 0 Å². The van der Waals surface area contributed by atoms with Crippen molar-refractivity contribution in [2.75, 3.05) is 12.4 Å². The monoisotopic (exact) mass is 368 g/mol. The van der Waals surface area contributed by atoms with E-state index in [9.17, 15) is 4.79 Å². The first kappa shape index (κ1) is 15.9. The maximum absolute atomic E-state index is 12.0. The standard InChI is InChI=1S/C15H10Cl2N2O3S/c1-21-11-3-2-8(6-9(11)16)10-7-23-15(18-10)19-14(20)12-4-5-13(17)22-12/h2-7H,1H3,(H,18,19,20). The van der Waals surface area contributed by atoms with Crippen molar-refractivity contribution in [3.8, 4) is 17.0 Å². The first-order valence-corrected chi connectivity index (χ1v) is 8.06. The Kier molecular flexibility index (Phi) is 4.56. The fraction of sp³-hybridized carbons (Fsp3) is 0.0667. The second-order valence-electron chi connectivity index (χ2n) is 4.45. The minimum absolute atomic E-state index is 0.124. The maximum Gasteiger partial charge on any atom is 0.293 e. The molecule has 1 aromatic carbocycles. The summed E-state index contributed by atoms with van der Waals surface area (Å²) in [4.78, 5) is 16.3. The summed E-state index contributed by atoms with van der Waals surface area (Å²) in [5.74, 6) is 0.304. The van der Waals surface area contributed by atoms with E-state index in [0.717, 1.165) is 5.56 Å². The Morgan fingerprint density at radius 3 is 2.78 bits per heavy atom. The molecular formula is C15H10Cl2N2O3S. The minimum atomic E-state index is -0.412. The predicted molar refractivity (Wildman–Crippen MR) is 90.8 cm³/mol. The van der Waals surface area contributed by atoms with Gasteiger partial charge in [0.05, 0.1) is 17.8 Å².